The van der Waals surface area contributed by atoms with Crippen LogP contribution in [0.25, 0.3) is 0 Å². The van der Waals surface area contributed by atoms with Crippen LogP contribution in [0.5, 0.6) is 0 Å². The molecule has 0 fully saturated rings. The third-order valence-electron chi connectivity index (χ3n) is 1.74. The molecular weight excluding hydrogens is 233 g/mol. The van der Waals surface area contributed by atoms with Crippen LogP contribution < -0.4 is 5.32 Å². The van der Waals surface area contributed by atoms with Crippen LogP contribution in [0.1, 0.15) is 5.56 Å². The molecule has 0 spiro atoms. The molecule has 6 nitrogen and oxygen atoms in total. The molecule has 4 N–H and O–H groups in total. The fourth-order valence-corrected chi connectivity index (χ4v) is 1.59. The van der Waals surface area contributed by atoms with Crippen LogP contribution >= 0.6 is 7.60 Å². The summed E-state index contributed by atoms with van der Waals surface area (Å²) in [5.74, 6) is -0.761. The fraction of sp³-hybridized carbons (Fsp3) is 0.222. The zero-order valence-electron chi connectivity index (χ0n) is 8.33. The number of anilines is 1. The number of hydrogen-bond acceptors (Lipinski definition) is 3. The first-order valence-electron chi connectivity index (χ1n) is 4.45. The molecule has 0 heterocycles. The van der Waals surface area contributed by atoms with E-state index in [0.29, 0.717) is 11.3 Å². The largest absolute Gasteiger partial charge is 0.392 e. The molecule has 0 saturated carbocycles. The van der Waals surface area contributed by atoms with Crippen LogP contribution in [0, 0.1) is 0 Å². The molecule has 0 unspecified atom stereocenters. The van der Waals surface area contributed by atoms with Gasteiger partial charge in [-0.15, -0.1) is 0 Å². The zero-order chi connectivity index (χ0) is 12.2. The van der Waals surface area contributed by atoms with E-state index in [2.05, 4.69) is 5.32 Å². The van der Waals surface area contributed by atoms with Crippen molar-refractivity contribution in [3.63, 3.8) is 0 Å². The Morgan fingerprint density at radius 2 is 2.06 bits per heavy atom. The summed E-state index contributed by atoms with van der Waals surface area (Å²) in [5.41, 5.74) is 0.999. The molecule has 16 heavy (non-hydrogen) atoms. The summed E-state index contributed by atoms with van der Waals surface area (Å²) in [6.07, 6.45) is -0.851. The van der Waals surface area contributed by atoms with E-state index in [4.69, 9.17) is 14.9 Å². The van der Waals surface area contributed by atoms with E-state index in [0.717, 1.165) is 0 Å². The van der Waals surface area contributed by atoms with E-state index in [-0.39, 0.29) is 6.61 Å². The van der Waals surface area contributed by atoms with Gasteiger partial charge in [0.05, 0.1) is 6.61 Å². The van der Waals surface area contributed by atoms with Crippen molar-refractivity contribution in [1.29, 1.82) is 0 Å². The molecule has 0 atom stereocenters. The van der Waals surface area contributed by atoms with Gasteiger partial charge >= 0.3 is 7.60 Å². The number of hydrogen-bond donors (Lipinski definition) is 4. The molecule has 88 valence electrons. The van der Waals surface area contributed by atoms with Gasteiger partial charge in [0.15, 0.2) is 0 Å². The highest BCUT2D eigenvalue weighted by Gasteiger charge is 2.18. The van der Waals surface area contributed by atoms with Gasteiger partial charge in [-0.2, -0.15) is 0 Å². The monoisotopic (exact) mass is 245 g/mol. The summed E-state index contributed by atoms with van der Waals surface area (Å²) < 4.78 is 10.5. The lowest BCUT2D eigenvalue weighted by Crippen LogP contribution is -2.16. The number of amides is 1. The topological polar surface area (TPSA) is 107 Å². The van der Waals surface area contributed by atoms with E-state index in [1.165, 1.54) is 6.07 Å². The second-order valence-corrected chi connectivity index (χ2v) is 4.88. The first kappa shape index (κ1) is 12.9. The molecule has 0 aliphatic heterocycles. The maximum atomic E-state index is 11.2. The van der Waals surface area contributed by atoms with Crippen LogP contribution in [0.3, 0.4) is 0 Å². The number of carbonyl (C=O) groups is 1. The van der Waals surface area contributed by atoms with Gasteiger partial charge in [0.1, 0.15) is 6.16 Å². The number of aliphatic hydroxyl groups is 1. The smallest absolute Gasteiger partial charge is 0.334 e. The van der Waals surface area contributed by atoms with Crippen molar-refractivity contribution in [2.45, 2.75) is 6.61 Å². The van der Waals surface area contributed by atoms with Crippen molar-refractivity contribution in [3.8, 4) is 0 Å². The van der Waals surface area contributed by atoms with Crippen LogP contribution in [-0.4, -0.2) is 27.0 Å². The van der Waals surface area contributed by atoms with E-state index >= 15 is 0 Å². The average molecular weight is 245 g/mol. The summed E-state index contributed by atoms with van der Waals surface area (Å²) in [5, 5.41) is 11.2. The van der Waals surface area contributed by atoms with Crippen molar-refractivity contribution in [3.05, 3.63) is 29.8 Å². The molecule has 0 bridgehead atoms. The molecule has 7 heteroatoms. The predicted molar refractivity (Wildman–Crippen MR) is 57.9 cm³/mol. The minimum atomic E-state index is -4.34. The Labute approximate surface area is 92.1 Å². The lowest BCUT2D eigenvalue weighted by Gasteiger charge is -2.07. The van der Waals surface area contributed by atoms with Gasteiger partial charge in [0, 0.05) is 5.69 Å². The van der Waals surface area contributed by atoms with E-state index < -0.39 is 19.7 Å². The van der Waals surface area contributed by atoms with Gasteiger partial charge < -0.3 is 20.2 Å². The van der Waals surface area contributed by atoms with Gasteiger partial charge in [-0.3, -0.25) is 9.36 Å². The van der Waals surface area contributed by atoms with Gasteiger partial charge in [0.25, 0.3) is 0 Å². The molecule has 1 aromatic rings. The Hall–Kier alpha value is -1.20. The van der Waals surface area contributed by atoms with Crippen molar-refractivity contribution in [2.75, 3.05) is 11.5 Å². The Bertz CT molecular complexity index is 428. The SMILES string of the molecule is O=C(CP(=O)(O)O)Nc1cccc(CO)c1. The average Bonchev–Trinajstić information content (AvgIpc) is 2.15. The Morgan fingerprint density at radius 1 is 1.38 bits per heavy atom. The first-order chi connectivity index (χ1) is 7.40. The molecule has 0 aromatic heterocycles. The molecule has 1 amide bonds. The number of carbonyl (C=O) groups excluding carboxylic acids is 1. The third-order valence-corrected chi connectivity index (χ3v) is 2.44. The van der Waals surface area contributed by atoms with Crippen molar-refractivity contribution in [1.82, 2.24) is 0 Å². The maximum absolute atomic E-state index is 11.2. The molecule has 0 aliphatic carbocycles. The lowest BCUT2D eigenvalue weighted by atomic mass is 10.2. The summed E-state index contributed by atoms with van der Waals surface area (Å²) in [6.45, 7) is -0.164. The summed E-state index contributed by atoms with van der Waals surface area (Å²) >= 11 is 0. The number of aliphatic hydroxyl groups excluding tert-OH is 1. The Balaban J connectivity index is 2.66. The van der Waals surface area contributed by atoms with Crippen molar-refractivity contribution in [2.24, 2.45) is 0 Å². The standard InChI is InChI=1S/C9H12NO5P/c11-5-7-2-1-3-8(4-7)10-9(12)6-16(13,14)15/h1-4,11H,5-6H2,(H,10,12)(H2,13,14,15). The highest BCUT2D eigenvalue weighted by atomic mass is 31.2. The Kier molecular flexibility index (Phi) is 4.20. The summed E-state index contributed by atoms with van der Waals surface area (Å²) in [6, 6.07) is 6.38. The van der Waals surface area contributed by atoms with Crippen LogP contribution in [0.15, 0.2) is 24.3 Å². The first-order valence-corrected chi connectivity index (χ1v) is 6.25. The summed E-state index contributed by atoms with van der Waals surface area (Å²) in [7, 11) is -4.34. The van der Waals surface area contributed by atoms with E-state index in [1.807, 2.05) is 0 Å². The van der Waals surface area contributed by atoms with Gasteiger partial charge in [-0.1, -0.05) is 12.1 Å². The number of rotatable bonds is 4. The van der Waals surface area contributed by atoms with Gasteiger partial charge in [-0.05, 0) is 17.7 Å². The lowest BCUT2D eigenvalue weighted by molar-refractivity contribution is -0.114. The molecule has 1 aromatic carbocycles. The molecule has 1 rings (SSSR count). The minimum absolute atomic E-state index is 0.164. The quantitative estimate of drug-likeness (QED) is 0.570. The van der Waals surface area contributed by atoms with Crippen molar-refractivity contribution < 1.29 is 24.3 Å². The molecule has 0 radical (unpaired) electrons. The molecular formula is C9H12NO5P. The normalized spacial score (nSPS) is 11.2. The van der Waals surface area contributed by atoms with E-state index in [1.54, 1.807) is 18.2 Å². The highest BCUT2D eigenvalue weighted by Crippen LogP contribution is 2.33. The minimum Gasteiger partial charge on any atom is -0.392 e. The van der Waals surface area contributed by atoms with Crippen LogP contribution in [0.4, 0.5) is 5.69 Å². The van der Waals surface area contributed by atoms with Crippen LogP contribution in [-0.2, 0) is 16.0 Å². The Morgan fingerprint density at radius 3 is 2.62 bits per heavy atom. The van der Waals surface area contributed by atoms with Crippen LogP contribution in [0.2, 0.25) is 0 Å². The second kappa shape index (κ2) is 5.23. The third kappa shape index (κ3) is 4.55. The molecule has 0 aliphatic rings. The second-order valence-electron chi connectivity index (χ2n) is 3.23. The zero-order valence-corrected chi connectivity index (χ0v) is 9.22. The van der Waals surface area contributed by atoms with Crippen molar-refractivity contribution >= 4 is 19.2 Å². The van der Waals surface area contributed by atoms with Gasteiger partial charge in [-0.25, -0.2) is 0 Å². The highest BCUT2D eigenvalue weighted by molar-refractivity contribution is 7.52. The van der Waals surface area contributed by atoms with Gasteiger partial charge in [0.2, 0.25) is 5.91 Å². The van der Waals surface area contributed by atoms with E-state index in [9.17, 15) is 9.36 Å². The number of nitrogens with one attached hydrogen (secondary N) is 1. The predicted octanol–water partition coefficient (Wildman–Crippen LogP) is 0.295. The maximum Gasteiger partial charge on any atom is 0.334 e. The number of benzene rings is 1. The molecule has 0 saturated heterocycles. The fourth-order valence-electron chi connectivity index (χ4n) is 1.14. The summed E-state index contributed by atoms with van der Waals surface area (Å²) in [4.78, 5) is 28.3.